The Morgan fingerprint density at radius 2 is 1.72 bits per heavy atom. The van der Waals surface area contributed by atoms with Gasteiger partial charge in [-0.1, -0.05) is 34.6 Å². The molecule has 0 aliphatic carbocycles. The summed E-state index contributed by atoms with van der Waals surface area (Å²) in [7, 11) is 0. The van der Waals surface area contributed by atoms with E-state index in [4.69, 9.17) is 9.47 Å². The third-order valence-electron chi connectivity index (χ3n) is 6.46. The second-order valence-corrected chi connectivity index (χ2v) is 10.6. The Labute approximate surface area is 214 Å². The molecule has 2 atom stereocenters. The zero-order chi connectivity index (χ0) is 26.5. The second-order valence-electron chi connectivity index (χ2n) is 10.6. The molecule has 0 saturated heterocycles. The van der Waals surface area contributed by atoms with Crippen molar-refractivity contribution in [2.45, 2.75) is 79.4 Å². The van der Waals surface area contributed by atoms with Gasteiger partial charge in [-0.05, 0) is 63.1 Å². The number of hydrogen-bond donors (Lipinski definition) is 1. The van der Waals surface area contributed by atoms with Gasteiger partial charge in [0.1, 0.15) is 22.7 Å². The number of aromatic nitrogens is 2. The fourth-order valence-electron chi connectivity index (χ4n) is 3.62. The molecule has 0 aliphatic heterocycles. The number of ether oxygens (including phenoxy) is 2. The minimum Gasteiger partial charge on any atom is -0.488 e. The van der Waals surface area contributed by atoms with Gasteiger partial charge in [0.2, 0.25) is 0 Å². The Bertz CT molecular complexity index is 1190. The summed E-state index contributed by atoms with van der Waals surface area (Å²) < 4.78 is 13.8. The molecule has 0 radical (unpaired) electrons. The van der Waals surface area contributed by atoms with Crippen molar-refractivity contribution in [1.82, 2.24) is 9.38 Å². The van der Waals surface area contributed by atoms with Crippen molar-refractivity contribution < 1.29 is 19.1 Å². The van der Waals surface area contributed by atoms with Gasteiger partial charge in [-0.25, -0.2) is 4.98 Å². The highest BCUT2D eigenvalue weighted by Gasteiger charge is 2.26. The lowest BCUT2D eigenvalue weighted by atomic mass is 9.89. The Morgan fingerprint density at radius 1 is 1.03 bits per heavy atom. The van der Waals surface area contributed by atoms with Crippen LogP contribution in [0.25, 0.3) is 5.65 Å². The van der Waals surface area contributed by atoms with E-state index < -0.39 is 5.41 Å². The predicted molar refractivity (Wildman–Crippen MR) is 143 cm³/mol. The normalized spacial score (nSPS) is 14.3. The molecule has 0 bridgehead atoms. The van der Waals surface area contributed by atoms with Crippen LogP contribution in [0.5, 0.6) is 5.75 Å². The largest absolute Gasteiger partial charge is 0.488 e. The van der Waals surface area contributed by atoms with Crippen LogP contribution in [0, 0.1) is 5.41 Å². The first kappa shape index (κ1) is 27.4. The van der Waals surface area contributed by atoms with E-state index in [0.717, 1.165) is 25.0 Å². The summed E-state index contributed by atoms with van der Waals surface area (Å²) in [5.41, 5.74) is 1.34. The number of hydrogen-bond acceptors (Lipinski definition) is 5. The molecule has 3 aromatic rings. The number of ketones is 1. The fourth-order valence-corrected chi connectivity index (χ4v) is 3.62. The highest BCUT2D eigenvalue weighted by Crippen LogP contribution is 2.26. The first-order chi connectivity index (χ1) is 16.9. The first-order valence-electron chi connectivity index (χ1n) is 12.7. The van der Waals surface area contributed by atoms with Crippen LogP contribution >= 0.6 is 0 Å². The van der Waals surface area contributed by atoms with E-state index >= 15 is 0 Å². The van der Waals surface area contributed by atoms with Crippen molar-refractivity contribution in [2.24, 2.45) is 5.41 Å². The highest BCUT2D eigenvalue weighted by atomic mass is 16.5. The lowest BCUT2D eigenvalue weighted by Crippen LogP contribution is -2.33. The van der Waals surface area contributed by atoms with E-state index in [9.17, 15) is 9.59 Å². The first-order valence-corrected chi connectivity index (χ1v) is 12.7. The third kappa shape index (κ3) is 6.94. The predicted octanol–water partition coefficient (Wildman–Crippen LogP) is 6.57. The molecule has 7 nitrogen and oxygen atoms in total. The van der Waals surface area contributed by atoms with E-state index in [1.165, 1.54) is 0 Å². The summed E-state index contributed by atoms with van der Waals surface area (Å²) in [6, 6.07) is 10.7. The van der Waals surface area contributed by atoms with Crippen molar-refractivity contribution in [1.29, 1.82) is 0 Å². The van der Waals surface area contributed by atoms with Crippen molar-refractivity contribution in [3.63, 3.8) is 0 Å². The molecule has 2 unspecified atom stereocenters. The zero-order valence-corrected chi connectivity index (χ0v) is 22.6. The zero-order valence-electron chi connectivity index (χ0n) is 22.6. The number of benzene rings is 1. The molecule has 1 N–H and O–H groups in total. The number of nitrogens with zero attached hydrogens (tertiary/aromatic N) is 2. The summed E-state index contributed by atoms with van der Waals surface area (Å²) in [5.74, 6) is 0.462. The topological polar surface area (TPSA) is 81.9 Å². The molecule has 36 heavy (non-hydrogen) atoms. The number of fused-ring (bicyclic) bond motifs is 1. The molecule has 0 saturated carbocycles. The minimum atomic E-state index is -0.513. The Kier molecular flexibility index (Phi) is 8.56. The number of carbonyl (C=O) groups is 2. The molecular weight excluding hydrogens is 454 g/mol. The molecule has 0 aliphatic rings. The van der Waals surface area contributed by atoms with Gasteiger partial charge in [-0.2, -0.15) is 0 Å². The van der Waals surface area contributed by atoms with E-state index in [1.807, 2.05) is 32.9 Å². The van der Waals surface area contributed by atoms with Crippen LogP contribution in [-0.4, -0.2) is 39.4 Å². The summed E-state index contributed by atoms with van der Waals surface area (Å²) in [6.07, 6.45) is 6.32. The number of Topliss-reactive ketones (excluding diaryl/α,β-unsaturated/α-hetero) is 1. The molecule has 0 fully saturated rings. The van der Waals surface area contributed by atoms with Gasteiger partial charge in [0.05, 0.1) is 18.4 Å². The number of amides is 1. The van der Waals surface area contributed by atoms with Crippen LogP contribution < -0.4 is 10.1 Å². The minimum absolute atomic E-state index is 0.0266. The Morgan fingerprint density at radius 3 is 2.33 bits per heavy atom. The molecule has 2 heterocycles. The molecule has 1 aromatic carbocycles. The third-order valence-corrected chi connectivity index (χ3v) is 6.46. The summed E-state index contributed by atoms with van der Waals surface area (Å²) in [4.78, 5) is 29.8. The molecule has 0 spiro atoms. The van der Waals surface area contributed by atoms with Crippen molar-refractivity contribution in [3.8, 4) is 5.75 Å². The summed E-state index contributed by atoms with van der Waals surface area (Å²) in [5, 5.41) is 2.91. The van der Waals surface area contributed by atoms with E-state index in [-0.39, 0.29) is 23.4 Å². The number of imidazole rings is 1. The molecule has 1 amide bonds. The average molecular weight is 494 g/mol. The monoisotopic (exact) mass is 493 g/mol. The number of nitrogens with one attached hydrogen (secondary N) is 1. The molecule has 194 valence electrons. The number of carbonyl (C=O) groups excluding carboxylic acids is 2. The SMILES string of the molecule is CCC(C)OCCC(C)(CC)Oc1ccc(C(=O)Nc2ccc3nc(C(=O)C(C)(C)C)cn3c2)cc1. The van der Waals surface area contributed by atoms with E-state index in [2.05, 4.69) is 38.0 Å². The number of anilines is 1. The number of rotatable bonds is 11. The van der Waals surface area contributed by atoms with Crippen LogP contribution in [-0.2, 0) is 4.74 Å². The maximum Gasteiger partial charge on any atom is 0.255 e. The van der Waals surface area contributed by atoms with Gasteiger partial charge < -0.3 is 19.2 Å². The van der Waals surface area contributed by atoms with Crippen LogP contribution in [0.1, 0.15) is 88.6 Å². The smallest absolute Gasteiger partial charge is 0.255 e. The van der Waals surface area contributed by atoms with Crippen molar-refractivity contribution >= 4 is 23.0 Å². The standard InChI is InChI=1S/C29H39N3O4/c1-8-20(3)35-17-16-29(7,9-2)36-23-13-10-21(11-14-23)27(34)30-22-12-15-25-31-24(19-32(25)18-22)26(33)28(4,5)6/h10-15,18-20H,8-9,16-17H2,1-7H3,(H,30,34). The van der Waals surface area contributed by atoms with Gasteiger partial charge in [-0.15, -0.1) is 0 Å². The van der Waals surface area contributed by atoms with E-state index in [0.29, 0.717) is 29.2 Å². The molecule has 3 rings (SSSR count). The lowest BCUT2D eigenvalue weighted by molar-refractivity contribution is 0.00540. The lowest BCUT2D eigenvalue weighted by Gasteiger charge is -2.30. The van der Waals surface area contributed by atoms with Gasteiger partial charge >= 0.3 is 0 Å². The highest BCUT2D eigenvalue weighted by molar-refractivity contribution is 6.04. The maximum atomic E-state index is 12.8. The van der Waals surface area contributed by atoms with Crippen molar-refractivity contribution in [2.75, 3.05) is 11.9 Å². The quantitative estimate of drug-likeness (QED) is 0.306. The van der Waals surface area contributed by atoms with Crippen LogP contribution in [0.3, 0.4) is 0 Å². The van der Waals surface area contributed by atoms with Gasteiger partial charge in [0, 0.05) is 29.8 Å². The maximum absolute atomic E-state index is 12.8. The van der Waals surface area contributed by atoms with Gasteiger partial charge in [-0.3, -0.25) is 9.59 Å². The average Bonchev–Trinajstić information content (AvgIpc) is 3.26. The molecule has 2 aromatic heterocycles. The van der Waals surface area contributed by atoms with Crippen LogP contribution in [0.2, 0.25) is 0 Å². The second kappa shape index (κ2) is 11.2. The Hall–Kier alpha value is -3.19. The van der Waals surface area contributed by atoms with Crippen molar-refractivity contribution in [3.05, 3.63) is 60.0 Å². The number of pyridine rings is 1. The molecule has 7 heteroatoms. The summed E-state index contributed by atoms with van der Waals surface area (Å²) in [6.45, 7) is 14.6. The molecular formula is C29H39N3O4. The van der Waals surface area contributed by atoms with Crippen LogP contribution in [0.15, 0.2) is 48.8 Å². The van der Waals surface area contributed by atoms with E-state index in [1.54, 1.807) is 41.1 Å². The van der Waals surface area contributed by atoms with Gasteiger partial charge in [0.25, 0.3) is 5.91 Å². The fraction of sp³-hybridized carbons (Fsp3) is 0.483. The van der Waals surface area contributed by atoms with Crippen LogP contribution in [0.4, 0.5) is 5.69 Å². The van der Waals surface area contributed by atoms with Gasteiger partial charge in [0.15, 0.2) is 5.78 Å². The Balaban J connectivity index is 1.64. The summed E-state index contributed by atoms with van der Waals surface area (Å²) >= 11 is 0.